The van der Waals surface area contributed by atoms with Crippen molar-refractivity contribution in [2.24, 2.45) is 0 Å². The van der Waals surface area contributed by atoms with Gasteiger partial charge >= 0.3 is 0 Å². The zero-order valence-electron chi connectivity index (χ0n) is 33.2. The van der Waals surface area contributed by atoms with Gasteiger partial charge in [0.2, 0.25) is 0 Å². The van der Waals surface area contributed by atoms with Gasteiger partial charge in [-0.15, -0.1) is 11.3 Å². The molecule has 4 heterocycles. The number of thiophene rings is 1. The lowest BCUT2D eigenvalue weighted by molar-refractivity contribution is 1.07. The SMILES string of the molecule is c1ccc(-c2nc(-c3ccccc3)nc(-c3ccc(-c4ccc(-c5nc(-c6ccc7c(c6)c6ccccc6n7-c6ccccc6)nc6c5sc5ccccc56)cc4)cc3)n2)cc1. The highest BCUT2D eigenvalue weighted by Gasteiger charge is 2.19. The first-order valence-electron chi connectivity index (χ1n) is 20.6. The molecule has 0 saturated carbocycles. The van der Waals surface area contributed by atoms with E-state index in [4.69, 9.17) is 24.9 Å². The third-order valence-electron chi connectivity index (χ3n) is 11.5. The molecule has 6 nitrogen and oxygen atoms in total. The molecule has 0 amide bonds. The molecular weight excluding hydrogens is 777 g/mol. The summed E-state index contributed by atoms with van der Waals surface area (Å²) in [5.41, 5.74) is 12.4. The largest absolute Gasteiger partial charge is 0.309 e. The lowest BCUT2D eigenvalue weighted by Crippen LogP contribution is -2.00. The number of benzene rings is 8. The number of rotatable bonds is 7. The molecule has 0 aliphatic heterocycles. The van der Waals surface area contributed by atoms with Gasteiger partial charge < -0.3 is 4.57 Å². The van der Waals surface area contributed by atoms with Gasteiger partial charge in [0, 0.05) is 54.4 Å². The van der Waals surface area contributed by atoms with Crippen LogP contribution < -0.4 is 0 Å². The second-order valence-corrected chi connectivity index (χ2v) is 16.3. The van der Waals surface area contributed by atoms with Gasteiger partial charge in [0.15, 0.2) is 23.3 Å². The third kappa shape index (κ3) is 6.22. The number of aromatic nitrogens is 6. The summed E-state index contributed by atoms with van der Waals surface area (Å²) in [6, 6.07) is 71.6. The number of fused-ring (bicyclic) bond motifs is 6. The van der Waals surface area contributed by atoms with Crippen molar-refractivity contribution in [3.05, 3.63) is 206 Å². The summed E-state index contributed by atoms with van der Waals surface area (Å²) in [4.78, 5) is 25.4. The van der Waals surface area contributed by atoms with Crippen LogP contribution in [0.3, 0.4) is 0 Å². The zero-order chi connectivity index (χ0) is 41.0. The summed E-state index contributed by atoms with van der Waals surface area (Å²) >= 11 is 1.75. The molecule has 0 unspecified atom stereocenters. The standard InChI is InChI=1S/C55H34N6S/c1-4-14-38(15-5-1)52-58-53(39-16-6-2-7-17-39)60-54(59-52)40-30-26-36(27-31-40)35-24-28-37(29-25-35)49-51-50(44-21-11-13-23-48(44)62-51)57-55(56-49)41-32-33-47-45(34-41)43-20-10-12-22-46(43)61(47)42-18-8-3-9-19-42/h1-34H. The van der Waals surface area contributed by atoms with Gasteiger partial charge in [-0.1, -0.05) is 164 Å². The van der Waals surface area contributed by atoms with E-state index in [-0.39, 0.29) is 0 Å². The van der Waals surface area contributed by atoms with Crippen LogP contribution in [0, 0.1) is 0 Å². The molecule has 0 bridgehead atoms. The van der Waals surface area contributed by atoms with Crippen LogP contribution in [-0.2, 0) is 0 Å². The Morgan fingerprint density at radius 3 is 1.44 bits per heavy atom. The first-order chi connectivity index (χ1) is 30.7. The molecule has 12 rings (SSSR count). The summed E-state index contributed by atoms with van der Waals surface area (Å²) in [6.45, 7) is 0. The number of nitrogens with zero attached hydrogens (tertiary/aromatic N) is 6. The molecule has 0 spiro atoms. The minimum absolute atomic E-state index is 0.632. The average Bonchev–Trinajstić information content (AvgIpc) is 3.90. The fourth-order valence-corrected chi connectivity index (χ4v) is 9.61. The molecule has 290 valence electrons. The topological polar surface area (TPSA) is 69.4 Å². The maximum atomic E-state index is 5.37. The maximum Gasteiger partial charge on any atom is 0.164 e. The lowest BCUT2D eigenvalue weighted by atomic mass is 10.0. The second-order valence-electron chi connectivity index (χ2n) is 15.3. The van der Waals surface area contributed by atoms with Crippen LogP contribution in [0.1, 0.15) is 0 Å². The highest BCUT2D eigenvalue weighted by Crippen LogP contribution is 2.41. The molecule has 0 fully saturated rings. The van der Waals surface area contributed by atoms with E-state index >= 15 is 0 Å². The predicted molar refractivity (Wildman–Crippen MR) is 255 cm³/mol. The van der Waals surface area contributed by atoms with Crippen LogP contribution in [0.25, 0.3) is 116 Å². The van der Waals surface area contributed by atoms with E-state index in [9.17, 15) is 0 Å². The normalized spacial score (nSPS) is 11.5. The molecule has 62 heavy (non-hydrogen) atoms. The first-order valence-corrected chi connectivity index (χ1v) is 21.4. The van der Waals surface area contributed by atoms with E-state index in [1.165, 1.54) is 21.0 Å². The Balaban J connectivity index is 0.923. The first kappa shape index (κ1) is 35.8. The van der Waals surface area contributed by atoms with Crippen LogP contribution in [0.2, 0.25) is 0 Å². The Labute approximate surface area is 361 Å². The van der Waals surface area contributed by atoms with Crippen LogP contribution in [0.5, 0.6) is 0 Å². The van der Waals surface area contributed by atoms with Crippen LogP contribution >= 0.6 is 11.3 Å². The quantitative estimate of drug-likeness (QED) is 0.160. The molecular formula is C55H34N6S. The van der Waals surface area contributed by atoms with Crippen molar-refractivity contribution in [1.82, 2.24) is 29.5 Å². The van der Waals surface area contributed by atoms with E-state index < -0.39 is 0 Å². The molecule has 8 aromatic carbocycles. The van der Waals surface area contributed by atoms with Crippen LogP contribution in [-0.4, -0.2) is 29.5 Å². The summed E-state index contributed by atoms with van der Waals surface area (Å²) in [7, 11) is 0. The Morgan fingerprint density at radius 2 is 0.790 bits per heavy atom. The molecule has 12 aromatic rings. The smallest absolute Gasteiger partial charge is 0.164 e. The van der Waals surface area contributed by atoms with E-state index in [1.54, 1.807) is 11.3 Å². The van der Waals surface area contributed by atoms with E-state index in [0.29, 0.717) is 23.3 Å². The van der Waals surface area contributed by atoms with E-state index in [0.717, 1.165) is 71.4 Å². The van der Waals surface area contributed by atoms with Gasteiger partial charge in [-0.25, -0.2) is 24.9 Å². The molecule has 0 aliphatic rings. The van der Waals surface area contributed by atoms with Gasteiger partial charge in [-0.05, 0) is 53.6 Å². The highest BCUT2D eigenvalue weighted by molar-refractivity contribution is 7.26. The average molecular weight is 811 g/mol. The van der Waals surface area contributed by atoms with Crippen molar-refractivity contribution < 1.29 is 0 Å². The zero-order valence-corrected chi connectivity index (χ0v) is 34.0. The number of hydrogen-bond acceptors (Lipinski definition) is 6. The van der Waals surface area contributed by atoms with Crippen LogP contribution in [0.15, 0.2) is 206 Å². The van der Waals surface area contributed by atoms with Crippen molar-refractivity contribution in [3.63, 3.8) is 0 Å². The summed E-state index contributed by atoms with van der Waals surface area (Å²) < 4.78 is 4.61. The van der Waals surface area contributed by atoms with Gasteiger partial charge in [0.25, 0.3) is 0 Å². The Bertz CT molecular complexity index is 3540. The lowest BCUT2D eigenvalue weighted by Gasteiger charge is -2.10. The molecule has 0 N–H and O–H groups in total. The molecule has 0 aliphatic carbocycles. The Kier molecular flexibility index (Phi) is 8.57. The van der Waals surface area contributed by atoms with Gasteiger partial charge in [0.05, 0.1) is 26.9 Å². The Morgan fingerprint density at radius 1 is 0.323 bits per heavy atom. The van der Waals surface area contributed by atoms with Crippen molar-refractivity contribution in [1.29, 1.82) is 0 Å². The fourth-order valence-electron chi connectivity index (χ4n) is 8.45. The van der Waals surface area contributed by atoms with Gasteiger partial charge in [-0.3, -0.25) is 0 Å². The maximum absolute atomic E-state index is 5.37. The van der Waals surface area contributed by atoms with Crippen molar-refractivity contribution in [2.75, 3.05) is 0 Å². The van der Waals surface area contributed by atoms with Crippen LogP contribution in [0.4, 0.5) is 0 Å². The third-order valence-corrected chi connectivity index (χ3v) is 12.7. The predicted octanol–water partition coefficient (Wildman–Crippen LogP) is 14.1. The van der Waals surface area contributed by atoms with Crippen molar-refractivity contribution in [2.45, 2.75) is 0 Å². The van der Waals surface area contributed by atoms with E-state index in [2.05, 4.69) is 150 Å². The molecule has 7 heteroatoms. The monoisotopic (exact) mass is 810 g/mol. The van der Waals surface area contributed by atoms with Gasteiger partial charge in [-0.2, -0.15) is 0 Å². The summed E-state index contributed by atoms with van der Waals surface area (Å²) in [5, 5.41) is 3.50. The Hall–Kier alpha value is -8.13. The number of para-hydroxylation sites is 2. The minimum atomic E-state index is 0.632. The molecule has 0 atom stereocenters. The summed E-state index contributed by atoms with van der Waals surface area (Å²) in [6.07, 6.45) is 0. The molecule has 0 radical (unpaired) electrons. The number of hydrogen-bond donors (Lipinski definition) is 0. The minimum Gasteiger partial charge on any atom is -0.309 e. The van der Waals surface area contributed by atoms with Gasteiger partial charge in [0.1, 0.15) is 0 Å². The highest BCUT2D eigenvalue weighted by atomic mass is 32.1. The second kappa shape index (κ2) is 14.9. The summed E-state index contributed by atoms with van der Waals surface area (Å²) in [5.74, 6) is 2.63. The molecule has 4 aromatic heterocycles. The molecule has 0 saturated heterocycles. The van der Waals surface area contributed by atoms with E-state index in [1.807, 2.05) is 60.7 Å². The van der Waals surface area contributed by atoms with Crippen molar-refractivity contribution >= 4 is 53.4 Å². The van der Waals surface area contributed by atoms with Crippen molar-refractivity contribution in [3.8, 4) is 73.6 Å². The fraction of sp³-hybridized carbons (Fsp3) is 0.